The highest BCUT2D eigenvalue weighted by molar-refractivity contribution is 9.08. The molecule has 5 heteroatoms. The zero-order chi connectivity index (χ0) is 12.1. The SMILES string of the molecule is CCOC(=O)c1ccc(CBr)c(C(=O)O)c1. The molecule has 0 aromatic heterocycles. The second-order valence-corrected chi connectivity index (χ2v) is 3.59. The molecule has 0 atom stereocenters. The molecule has 1 N–H and O–H groups in total. The number of carboxylic acids is 1. The third-order valence-corrected chi connectivity index (χ3v) is 2.60. The number of hydrogen-bond donors (Lipinski definition) is 1. The Morgan fingerprint density at radius 1 is 1.44 bits per heavy atom. The van der Waals surface area contributed by atoms with E-state index in [1.807, 2.05) is 0 Å². The molecule has 0 fully saturated rings. The molecule has 0 bridgehead atoms. The van der Waals surface area contributed by atoms with Gasteiger partial charge in [0.15, 0.2) is 0 Å². The first-order valence-corrected chi connectivity index (χ1v) is 5.81. The summed E-state index contributed by atoms with van der Waals surface area (Å²) in [5, 5.41) is 9.39. The molecular weight excluding hydrogens is 276 g/mol. The molecule has 0 aliphatic carbocycles. The number of alkyl halides is 1. The average Bonchev–Trinajstić information content (AvgIpc) is 2.28. The maximum absolute atomic E-state index is 11.4. The molecule has 4 nitrogen and oxygen atoms in total. The van der Waals surface area contributed by atoms with Crippen LogP contribution in [0.15, 0.2) is 18.2 Å². The second kappa shape index (κ2) is 5.65. The number of halogens is 1. The zero-order valence-electron chi connectivity index (χ0n) is 8.70. The standard InChI is InChI=1S/C11H11BrO4/c1-2-16-11(15)7-3-4-8(6-12)9(5-7)10(13)14/h3-5H,2,6H2,1H3,(H,13,14). The normalized spacial score (nSPS) is 9.88. The molecule has 86 valence electrons. The van der Waals surface area contributed by atoms with Gasteiger partial charge in [0.05, 0.1) is 17.7 Å². The van der Waals surface area contributed by atoms with Gasteiger partial charge in [-0.05, 0) is 24.6 Å². The minimum absolute atomic E-state index is 0.113. The van der Waals surface area contributed by atoms with E-state index in [1.54, 1.807) is 19.1 Å². The summed E-state index contributed by atoms with van der Waals surface area (Å²) in [5.74, 6) is -1.56. The van der Waals surface area contributed by atoms with E-state index in [4.69, 9.17) is 9.84 Å². The molecule has 1 aromatic rings. The Balaban J connectivity index is 3.11. The van der Waals surface area contributed by atoms with Crippen LogP contribution in [-0.2, 0) is 10.1 Å². The molecule has 1 rings (SSSR count). The Labute approximate surface area is 101 Å². The van der Waals surface area contributed by atoms with Crippen LogP contribution >= 0.6 is 15.9 Å². The van der Waals surface area contributed by atoms with Crippen LogP contribution in [0.3, 0.4) is 0 Å². The van der Waals surface area contributed by atoms with E-state index in [-0.39, 0.29) is 17.7 Å². The molecule has 0 amide bonds. The molecule has 0 unspecified atom stereocenters. The van der Waals surface area contributed by atoms with Gasteiger partial charge in [-0.15, -0.1) is 0 Å². The number of carbonyl (C=O) groups is 2. The van der Waals surface area contributed by atoms with Crippen molar-refractivity contribution in [2.45, 2.75) is 12.3 Å². The van der Waals surface area contributed by atoms with Crippen molar-refractivity contribution >= 4 is 27.9 Å². The number of rotatable bonds is 4. The number of esters is 1. The molecule has 0 aliphatic rings. The number of ether oxygens (including phenoxy) is 1. The molecule has 0 saturated heterocycles. The quantitative estimate of drug-likeness (QED) is 0.682. The molecule has 0 heterocycles. The largest absolute Gasteiger partial charge is 0.478 e. The summed E-state index contributed by atoms with van der Waals surface area (Å²) in [6.45, 7) is 1.96. The van der Waals surface area contributed by atoms with Gasteiger partial charge in [0, 0.05) is 5.33 Å². The molecule has 1 aromatic carbocycles. The molecular formula is C11H11BrO4. The maximum Gasteiger partial charge on any atom is 0.338 e. The summed E-state index contributed by atoms with van der Waals surface area (Å²) in [4.78, 5) is 22.3. The first kappa shape index (κ1) is 12.7. The van der Waals surface area contributed by atoms with E-state index in [2.05, 4.69) is 15.9 Å². The molecule has 16 heavy (non-hydrogen) atoms. The minimum Gasteiger partial charge on any atom is -0.478 e. The zero-order valence-corrected chi connectivity index (χ0v) is 10.3. The topological polar surface area (TPSA) is 63.6 Å². The van der Waals surface area contributed by atoms with Crippen LogP contribution in [0.1, 0.15) is 33.2 Å². The van der Waals surface area contributed by atoms with Crippen molar-refractivity contribution in [1.29, 1.82) is 0 Å². The van der Waals surface area contributed by atoms with Crippen LogP contribution in [-0.4, -0.2) is 23.7 Å². The summed E-state index contributed by atoms with van der Waals surface area (Å²) in [6, 6.07) is 4.49. The van der Waals surface area contributed by atoms with Gasteiger partial charge in [-0.2, -0.15) is 0 Å². The summed E-state index contributed by atoms with van der Waals surface area (Å²) < 4.78 is 4.79. The molecule has 0 aliphatic heterocycles. The predicted octanol–water partition coefficient (Wildman–Crippen LogP) is 2.46. The van der Waals surface area contributed by atoms with E-state index in [9.17, 15) is 9.59 Å². The predicted molar refractivity (Wildman–Crippen MR) is 62.0 cm³/mol. The Kier molecular flexibility index (Phi) is 4.49. The smallest absolute Gasteiger partial charge is 0.338 e. The highest BCUT2D eigenvalue weighted by Gasteiger charge is 2.14. The lowest BCUT2D eigenvalue weighted by molar-refractivity contribution is 0.0526. The van der Waals surface area contributed by atoms with Crippen molar-refractivity contribution in [1.82, 2.24) is 0 Å². The van der Waals surface area contributed by atoms with Crippen molar-refractivity contribution in [2.24, 2.45) is 0 Å². The third kappa shape index (κ3) is 2.82. The number of hydrogen-bond acceptors (Lipinski definition) is 3. The van der Waals surface area contributed by atoms with E-state index in [1.165, 1.54) is 6.07 Å². The van der Waals surface area contributed by atoms with Crippen molar-refractivity contribution in [2.75, 3.05) is 6.61 Å². The van der Waals surface area contributed by atoms with E-state index in [0.29, 0.717) is 10.9 Å². The van der Waals surface area contributed by atoms with E-state index < -0.39 is 11.9 Å². The Hall–Kier alpha value is -1.36. The van der Waals surface area contributed by atoms with Crippen LogP contribution in [0.4, 0.5) is 0 Å². The number of carboxylic acid groups (broad SMARTS) is 1. The van der Waals surface area contributed by atoms with E-state index in [0.717, 1.165) is 0 Å². The van der Waals surface area contributed by atoms with Crippen molar-refractivity contribution in [3.05, 3.63) is 34.9 Å². The highest BCUT2D eigenvalue weighted by atomic mass is 79.9. The van der Waals surface area contributed by atoms with Gasteiger partial charge in [0.2, 0.25) is 0 Å². The summed E-state index contributed by atoms with van der Waals surface area (Å²) in [5.41, 5.74) is 0.993. The Bertz CT molecular complexity index is 414. The molecule has 0 radical (unpaired) electrons. The number of carbonyl (C=O) groups excluding carboxylic acids is 1. The second-order valence-electron chi connectivity index (χ2n) is 3.03. The van der Waals surface area contributed by atoms with Gasteiger partial charge in [-0.25, -0.2) is 9.59 Å². The first-order chi connectivity index (χ1) is 7.60. The van der Waals surface area contributed by atoms with Crippen molar-refractivity contribution in [3.8, 4) is 0 Å². The van der Waals surface area contributed by atoms with Gasteiger partial charge < -0.3 is 9.84 Å². The van der Waals surface area contributed by atoms with Crippen LogP contribution < -0.4 is 0 Å². The summed E-state index contributed by atoms with van der Waals surface area (Å²) in [7, 11) is 0. The lowest BCUT2D eigenvalue weighted by Gasteiger charge is -2.06. The third-order valence-electron chi connectivity index (χ3n) is 2.00. The summed E-state index contributed by atoms with van der Waals surface area (Å²) >= 11 is 3.19. The van der Waals surface area contributed by atoms with Crippen LogP contribution in [0, 0.1) is 0 Å². The minimum atomic E-state index is -1.06. The first-order valence-electron chi connectivity index (χ1n) is 4.69. The monoisotopic (exact) mass is 286 g/mol. The fourth-order valence-electron chi connectivity index (χ4n) is 1.23. The highest BCUT2D eigenvalue weighted by Crippen LogP contribution is 2.16. The van der Waals surface area contributed by atoms with Crippen molar-refractivity contribution < 1.29 is 19.4 Å². The molecule has 0 saturated carbocycles. The van der Waals surface area contributed by atoms with Gasteiger partial charge in [0.1, 0.15) is 0 Å². The number of benzene rings is 1. The van der Waals surface area contributed by atoms with Crippen LogP contribution in [0.25, 0.3) is 0 Å². The van der Waals surface area contributed by atoms with Crippen LogP contribution in [0.5, 0.6) is 0 Å². The van der Waals surface area contributed by atoms with E-state index >= 15 is 0 Å². The Morgan fingerprint density at radius 2 is 2.12 bits per heavy atom. The van der Waals surface area contributed by atoms with Crippen LogP contribution in [0.2, 0.25) is 0 Å². The molecule has 0 spiro atoms. The number of aromatic carboxylic acids is 1. The Morgan fingerprint density at radius 3 is 2.62 bits per heavy atom. The lowest BCUT2D eigenvalue weighted by atomic mass is 10.1. The fraction of sp³-hybridized carbons (Fsp3) is 0.273. The average molecular weight is 287 g/mol. The maximum atomic E-state index is 11.4. The van der Waals surface area contributed by atoms with Gasteiger partial charge in [0.25, 0.3) is 0 Å². The summed E-state index contributed by atoms with van der Waals surface area (Å²) in [6.07, 6.45) is 0. The van der Waals surface area contributed by atoms with Crippen molar-refractivity contribution in [3.63, 3.8) is 0 Å². The van der Waals surface area contributed by atoms with Gasteiger partial charge in [-0.3, -0.25) is 0 Å². The van der Waals surface area contributed by atoms with Gasteiger partial charge >= 0.3 is 11.9 Å². The van der Waals surface area contributed by atoms with Gasteiger partial charge in [-0.1, -0.05) is 22.0 Å². The lowest BCUT2D eigenvalue weighted by Crippen LogP contribution is -2.08. The fourth-order valence-corrected chi connectivity index (χ4v) is 1.72.